The van der Waals surface area contributed by atoms with Crippen molar-refractivity contribution in [1.29, 1.82) is 0 Å². The van der Waals surface area contributed by atoms with Crippen molar-refractivity contribution < 1.29 is 19.1 Å². The van der Waals surface area contributed by atoms with Crippen molar-refractivity contribution in [3.63, 3.8) is 0 Å². The van der Waals surface area contributed by atoms with Crippen LogP contribution in [0.4, 0.5) is 5.69 Å². The smallest absolute Gasteiger partial charge is 0.274 e. The van der Waals surface area contributed by atoms with Crippen LogP contribution in [0.15, 0.2) is 24.3 Å². The zero-order valence-electron chi connectivity index (χ0n) is 15.8. The summed E-state index contributed by atoms with van der Waals surface area (Å²) < 4.78 is 12.2. The molecule has 0 bridgehead atoms. The lowest BCUT2D eigenvalue weighted by atomic mass is 10.1. The molecule has 1 aliphatic heterocycles. The summed E-state index contributed by atoms with van der Waals surface area (Å²) in [4.78, 5) is 27.1. The largest absolute Gasteiger partial charge is 0.495 e. The Hall–Kier alpha value is -2.87. The lowest BCUT2D eigenvalue weighted by Gasteiger charge is -2.27. The quantitative estimate of drug-likeness (QED) is 0.864. The number of aromatic nitrogens is 2. The van der Waals surface area contributed by atoms with E-state index in [1.54, 1.807) is 40.9 Å². The molecule has 1 aliphatic rings. The van der Waals surface area contributed by atoms with E-state index in [1.807, 2.05) is 6.92 Å². The number of benzene rings is 1. The molecule has 144 valence electrons. The minimum atomic E-state index is -0.307. The number of morpholine rings is 1. The molecule has 2 amide bonds. The number of nitrogens with one attached hydrogen (secondary N) is 1. The molecule has 0 atom stereocenters. The monoisotopic (exact) mass is 372 g/mol. The highest BCUT2D eigenvalue weighted by atomic mass is 16.5. The summed E-state index contributed by atoms with van der Waals surface area (Å²) >= 11 is 0. The number of carbonyl (C=O) groups is 2. The molecule has 1 saturated heterocycles. The lowest BCUT2D eigenvalue weighted by molar-refractivity contribution is 0.0303. The number of rotatable bonds is 5. The van der Waals surface area contributed by atoms with Crippen LogP contribution in [0.3, 0.4) is 0 Å². The summed E-state index contributed by atoms with van der Waals surface area (Å²) in [7, 11) is 3.25. The van der Waals surface area contributed by atoms with Gasteiger partial charge in [-0.25, -0.2) is 0 Å². The van der Waals surface area contributed by atoms with Crippen LogP contribution in [0.25, 0.3) is 0 Å². The van der Waals surface area contributed by atoms with Crippen molar-refractivity contribution in [2.75, 3.05) is 38.7 Å². The van der Waals surface area contributed by atoms with Crippen LogP contribution >= 0.6 is 0 Å². The zero-order chi connectivity index (χ0) is 19.4. The van der Waals surface area contributed by atoms with Gasteiger partial charge in [0.1, 0.15) is 11.4 Å². The van der Waals surface area contributed by atoms with Crippen molar-refractivity contribution in [3.8, 4) is 5.75 Å². The van der Waals surface area contributed by atoms with Gasteiger partial charge in [-0.15, -0.1) is 0 Å². The van der Waals surface area contributed by atoms with Crippen LogP contribution in [0.2, 0.25) is 0 Å². The number of methoxy groups -OCH3 is 1. The number of hydrogen-bond donors (Lipinski definition) is 1. The first-order valence-electron chi connectivity index (χ1n) is 8.92. The van der Waals surface area contributed by atoms with Crippen molar-refractivity contribution in [3.05, 3.63) is 41.2 Å². The predicted octanol–water partition coefficient (Wildman–Crippen LogP) is 1.72. The summed E-state index contributed by atoms with van der Waals surface area (Å²) in [5, 5.41) is 7.13. The second-order valence-electron chi connectivity index (χ2n) is 6.27. The second kappa shape index (κ2) is 8.22. The van der Waals surface area contributed by atoms with Crippen molar-refractivity contribution >= 4 is 17.5 Å². The Morgan fingerprint density at radius 3 is 2.63 bits per heavy atom. The Labute approximate surface area is 158 Å². The highest BCUT2D eigenvalue weighted by Crippen LogP contribution is 2.27. The molecule has 2 heterocycles. The fourth-order valence-electron chi connectivity index (χ4n) is 2.99. The Kier molecular flexibility index (Phi) is 5.75. The number of aryl methyl sites for hydroxylation is 2. The van der Waals surface area contributed by atoms with Gasteiger partial charge >= 0.3 is 0 Å². The molecule has 1 N–H and O–H groups in total. The first kappa shape index (κ1) is 18.9. The van der Waals surface area contributed by atoms with Gasteiger partial charge in [-0.1, -0.05) is 6.92 Å². The van der Waals surface area contributed by atoms with Gasteiger partial charge in [-0.3, -0.25) is 14.3 Å². The van der Waals surface area contributed by atoms with E-state index in [0.717, 1.165) is 12.1 Å². The highest BCUT2D eigenvalue weighted by molar-refractivity contribution is 6.05. The summed E-state index contributed by atoms with van der Waals surface area (Å²) in [5.74, 6) is 0.0870. The molecule has 0 radical (unpaired) electrons. The number of ether oxygens (including phenoxy) is 2. The van der Waals surface area contributed by atoms with Crippen molar-refractivity contribution in [2.24, 2.45) is 7.05 Å². The van der Waals surface area contributed by atoms with E-state index in [0.29, 0.717) is 49.0 Å². The van der Waals surface area contributed by atoms with Crippen LogP contribution in [-0.4, -0.2) is 59.9 Å². The van der Waals surface area contributed by atoms with Gasteiger partial charge in [-0.05, 0) is 30.7 Å². The van der Waals surface area contributed by atoms with E-state index >= 15 is 0 Å². The Balaban J connectivity index is 1.83. The standard InChI is InChI=1S/C19H24N4O4/c1-4-14-12-16(22(2)21-14)18(24)20-15-11-13(5-6-17(15)26-3)19(25)23-7-9-27-10-8-23/h5-6,11-12H,4,7-10H2,1-3H3,(H,20,24). The van der Waals surface area contributed by atoms with Crippen LogP contribution in [0.5, 0.6) is 5.75 Å². The summed E-state index contributed by atoms with van der Waals surface area (Å²) in [6.07, 6.45) is 0.744. The number of hydrogen-bond acceptors (Lipinski definition) is 5. The normalized spacial score (nSPS) is 14.1. The van der Waals surface area contributed by atoms with Crippen molar-refractivity contribution in [2.45, 2.75) is 13.3 Å². The van der Waals surface area contributed by atoms with Gasteiger partial charge in [0.05, 0.1) is 31.7 Å². The number of anilines is 1. The summed E-state index contributed by atoms with van der Waals surface area (Å²) in [6, 6.07) is 6.78. The Bertz CT molecular complexity index is 840. The first-order chi connectivity index (χ1) is 13.0. The highest BCUT2D eigenvalue weighted by Gasteiger charge is 2.21. The van der Waals surface area contributed by atoms with Gasteiger partial charge in [0, 0.05) is 25.7 Å². The first-order valence-corrected chi connectivity index (χ1v) is 8.92. The van der Waals surface area contributed by atoms with Crippen LogP contribution in [0.1, 0.15) is 33.5 Å². The maximum absolute atomic E-state index is 12.7. The number of amides is 2. The molecule has 27 heavy (non-hydrogen) atoms. The maximum Gasteiger partial charge on any atom is 0.274 e. The minimum Gasteiger partial charge on any atom is -0.495 e. The van der Waals surface area contributed by atoms with E-state index in [-0.39, 0.29) is 11.8 Å². The lowest BCUT2D eigenvalue weighted by Crippen LogP contribution is -2.40. The fourth-order valence-corrected chi connectivity index (χ4v) is 2.99. The predicted molar refractivity (Wildman–Crippen MR) is 100 cm³/mol. The molecule has 2 aromatic rings. The van der Waals surface area contributed by atoms with Gasteiger partial charge in [0.2, 0.25) is 0 Å². The molecular weight excluding hydrogens is 348 g/mol. The molecular formula is C19H24N4O4. The van der Waals surface area contributed by atoms with Gasteiger partial charge in [0.25, 0.3) is 11.8 Å². The average Bonchev–Trinajstić information content (AvgIpc) is 3.09. The third kappa shape index (κ3) is 4.11. The Morgan fingerprint density at radius 1 is 1.26 bits per heavy atom. The fraction of sp³-hybridized carbons (Fsp3) is 0.421. The summed E-state index contributed by atoms with van der Waals surface area (Å²) in [6.45, 7) is 4.16. The second-order valence-corrected chi connectivity index (χ2v) is 6.27. The van der Waals surface area contributed by atoms with E-state index in [4.69, 9.17) is 9.47 Å². The van der Waals surface area contributed by atoms with Gasteiger partial charge in [0.15, 0.2) is 0 Å². The maximum atomic E-state index is 12.7. The van der Waals surface area contributed by atoms with Crippen LogP contribution in [0, 0.1) is 0 Å². The van der Waals surface area contributed by atoms with E-state index in [2.05, 4.69) is 10.4 Å². The minimum absolute atomic E-state index is 0.0924. The molecule has 8 heteroatoms. The molecule has 0 spiro atoms. The Morgan fingerprint density at radius 2 is 2.00 bits per heavy atom. The molecule has 1 fully saturated rings. The van der Waals surface area contributed by atoms with Gasteiger partial charge in [-0.2, -0.15) is 5.10 Å². The average molecular weight is 372 g/mol. The molecule has 8 nitrogen and oxygen atoms in total. The SMILES string of the molecule is CCc1cc(C(=O)Nc2cc(C(=O)N3CCOCC3)ccc2OC)n(C)n1. The molecule has 0 aliphatic carbocycles. The van der Waals surface area contributed by atoms with E-state index < -0.39 is 0 Å². The molecule has 0 saturated carbocycles. The molecule has 3 rings (SSSR count). The van der Waals surface area contributed by atoms with E-state index in [1.165, 1.54) is 7.11 Å². The van der Waals surface area contributed by atoms with Crippen LogP contribution in [-0.2, 0) is 18.2 Å². The molecule has 1 aromatic heterocycles. The summed E-state index contributed by atoms with van der Waals surface area (Å²) in [5.41, 5.74) is 2.22. The number of nitrogens with zero attached hydrogens (tertiary/aromatic N) is 3. The molecule has 0 unspecified atom stereocenters. The third-order valence-electron chi connectivity index (χ3n) is 4.52. The van der Waals surface area contributed by atoms with Crippen LogP contribution < -0.4 is 10.1 Å². The van der Waals surface area contributed by atoms with E-state index in [9.17, 15) is 9.59 Å². The van der Waals surface area contributed by atoms with Gasteiger partial charge < -0.3 is 19.7 Å². The third-order valence-corrected chi connectivity index (χ3v) is 4.52. The zero-order valence-corrected chi connectivity index (χ0v) is 15.8. The van der Waals surface area contributed by atoms with Crippen molar-refractivity contribution in [1.82, 2.24) is 14.7 Å². The topological polar surface area (TPSA) is 85.7 Å². The number of carbonyl (C=O) groups excluding carboxylic acids is 2. The molecule has 1 aromatic carbocycles.